The van der Waals surface area contributed by atoms with Gasteiger partial charge in [-0.25, -0.2) is 0 Å². The second-order valence-corrected chi connectivity index (χ2v) is 15.9. The Labute approximate surface area is 341 Å². The van der Waals surface area contributed by atoms with Crippen molar-refractivity contribution in [3.63, 3.8) is 0 Å². The first-order valence-electron chi connectivity index (χ1n) is 20.5. The number of fused-ring (bicyclic) bond motifs is 16. The number of hydrogen-bond acceptors (Lipinski definition) is 1. The summed E-state index contributed by atoms with van der Waals surface area (Å²) in [7, 11) is 0. The molecule has 0 bridgehead atoms. The Balaban J connectivity index is 1.27. The van der Waals surface area contributed by atoms with Gasteiger partial charge in [-0.2, -0.15) is 0 Å². The molecular weight excluding hydrogens is 711 g/mol. The lowest BCUT2D eigenvalue weighted by Crippen LogP contribution is -2.10. The van der Waals surface area contributed by atoms with Crippen LogP contribution < -0.4 is 4.90 Å². The molecule has 0 saturated carbocycles. The molecule has 12 aromatic rings. The van der Waals surface area contributed by atoms with E-state index in [4.69, 9.17) is 0 Å². The highest BCUT2D eigenvalue weighted by atomic mass is 15.1. The van der Waals surface area contributed by atoms with Crippen LogP contribution in [0.4, 0.5) is 17.1 Å². The summed E-state index contributed by atoms with van der Waals surface area (Å²) >= 11 is 0. The molecule has 1 aliphatic rings. The van der Waals surface area contributed by atoms with Crippen LogP contribution in [0.2, 0.25) is 0 Å². The highest BCUT2D eigenvalue weighted by molar-refractivity contribution is 6.36. The quantitative estimate of drug-likeness (QED) is 0.151. The van der Waals surface area contributed by atoms with Gasteiger partial charge in [-0.05, 0) is 128 Å². The molecule has 59 heavy (non-hydrogen) atoms. The van der Waals surface area contributed by atoms with Crippen molar-refractivity contribution in [2.45, 2.75) is 0 Å². The molecule has 13 rings (SSSR count). The number of benzene rings is 11. The average molecular weight is 746 g/mol. The molecule has 1 nitrogen and oxygen atoms in total. The molecule has 0 spiro atoms. The molecule has 0 amide bonds. The molecule has 0 unspecified atom stereocenters. The summed E-state index contributed by atoms with van der Waals surface area (Å²) in [5.74, 6) is 0. The van der Waals surface area contributed by atoms with Crippen molar-refractivity contribution in [3.05, 3.63) is 212 Å². The lowest BCUT2D eigenvalue weighted by atomic mass is 9.88. The highest BCUT2D eigenvalue weighted by Crippen LogP contribution is 2.51. The number of hydrogen-bond donors (Lipinski definition) is 0. The summed E-state index contributed by atoms with van der Waals surface area (Å²) in [6.07, 6.45) is 0. The van der Waals surface area contributed by atoms with Crippen LogP contribution in [0.5, 0.6) is 0 Å². The Morgan fingerprint density at radius 3 is 1.27 bits per heavy atom. The fraction of sp³-hybridized carbons (Fsp3) is 0. The first-order chi connectivity index (χ1) is 29.3. The first-order valence-corrected chi connectivity index (χ1v) is 20.5. The summed E-state index contributed by atoms with van der Waals surface area (Å²) in [6.45, 7) is 0. The van der Waals surface area contributed by atoms with E-state index in [-0.39, 0.29) is 0 Å². The van der Waals surface area contributed by atoms with Gasteiger partial charge in [0.2, 0.25) is 0 Å². The van der Waals surface area contributed by atoms with E-state index in [1.54, 1.807) is 0 Å². The number of para-hydroxylation sites is 2. The first kappa shape index (κ1) is 32.4. The highest BCUT2D eigenvalue weighted by Gasteiger charge is 2.26. The van der Waals surface area contributed by atoms with Crippen LogP contribution in [0.15, 0.2) is 212 Å². The molecule has 0 N–H and O–H groups in total. The van der Waals surface area contributed by atoms with Crippen LogP contribution in [0, 0.1) is 0 Å². The third-order valence-corrected chi connectivity index (χ3v) is 12.9. The topological polar surface area (TPSA) is 3.24 Å². The molecular formula is C58H35N. The monoisotopic (exact) mass is 745 g/mol. The standard InChI is InChI=1S/C58H35N/c1-2-17-41-40(16-1)42-18-3-6-22-46(42)52-35-39(59-54-26-11-9-23-48(54)43-19-4-5-20-44(43)49-24-10-12-27-55(49)59)31-33-47(52)53-34-38-29-28-36-14-13-15-37-30-32-51(57(38)56(36)37)58(53)50-25-8-7-21-45(41)50/h1-35H. The molecule has 0 aromatic heterocycles. The fourth-order valence-corrected chi connectivity index (χ4v) is 10.4. The summed E-state index contributed by atoms with van der Waals surface area (Å²) in [6, 6.07) is 79.4. The van der Waals surface area contributed by atoms with Crippen molar-refractivity contribution < 1.29 is 0 Å². The van der Waals surface area contributed by atoms with Crippen LogP contribution in [0.1, 0.15) is 0 Å². The maximum atomic E-state index is 2.48. The van der Waals surface area contributed by atoms with Crippen molar-refractivity contribution >= 4 is 103 Å². The zero-order valence-corrected chi connectivity index (χ0v) is 32.2. The van der Waals surface area contributed by atoms with Gasteiger partial charge in [0, 0.05) is 16.8 Å². The third kappa shape index (κ3) is 4.62. The number of nitrogens with zero attached hydrogens (tertiary/aromatic N) is 1. The molecule has 272 valence electrons. The van der Waals surface area contributed by atoms with Gasteiger partial charge in [-0.1, -0.05) is 182 Å². The van der Waals surface area contributed by atoms with Crippen molar-refractivity contribution in [1.82, 2.24) is 0 Å². The van der Waals surface area contributed by atoms with E-state index < -0.39 is 0 Å². The minimum atomic E-state index is 1.12. The SMILES string of the molecule is c1ccc2c(c1)-c1ccccc1N(c1ccc3c(c1)c1ccccc1c1ccccc1c1ccccc1c1c3cc3ccc4cccc5ccc1c3c45)c1ccccc1-2. The van der Waals surface area contributed by atoms with E-state index in [2.05, 4.69) is 217 Å². The predicted molar refractivity (Wildman–Crippen MR) is 254 cm³/mol. The van der Waals surface area contributed by atoms with E-state index in [9.17, 15) is 0 Å². The van der Waals surface area contributed by atoms with E-state index in [1.807, 2.05) is 0 Å². The van der Waals surface area contributed by atoms with Gasteiger partial charge < -0.3 is 4.90 Å². The molecule has 0 saturated heterocycles. The summed E-state index contributed by atoms with van der Waals surface area (Å²) in [4.78, 5) is 2.48. The Bertz CT molecular complexity index is 3720. The lowest BCUT2D eigenvalue weighted by molar-refractivity contribution is 1.30. The number of rotatable bonds is 1. The molecule has 0 aliphatic carbocycles. The minimum Gasteiger partial charge on any atom is -0.309 e. The second-order valence-electron chi connectivity index (χ2n) is 15.9. The van der Waals surface area contributed by atoms with Crippen molar-refractivity contribution in [3.8, 4) is 22.3 Å². The Kier molecular flexibility index (Phi) is 6.79. The van der Waals surface area contributed by atoms with Gasteiger partial charge in [-0.15, -0.1) is 0 Å². The molecule has 0 atom stereocenters. The van der Waals surface area contributed by atoms with Gasteiger partial charge in [0.05, 0.1) is 11.4 Å². The second kappa shape index (κ2) is 12.4. The molecule has 12 aromatic carbocycles. The normalized spacial score (nSPS) is 12.4. The van der Waals surface area contributed by atoms with Gasteiger partial charge in [0.1, 0.15) is 0 Å². The fourth-order valence-electron chi connectivity index (χ4n) is 10.4. The van der Waals surface area contributed by atoms with Crippen LogP contribution in [0.3, 0.4) is 0 Å². The number of anilines is 3. The minimum absolute atomic E-state index is 1.12. The zero-order chi connectivity index (χ0) is 38.6. The van der Waals surface area contributed by atoms with E-state index in [0.717, 1.165) is 5.69 Å². The van der Waals surface area contributed by atoms with Crippen LogP contribution in [-0.2, 0) is 0 Å². The molecule has 1 heteroatoms. The zero-order valence-electron chi connectivity index (χ0n) is 32.2. The summed E-state index contributed by atoms with van der Waals surface area (Å²) < 4.78 is 0. The van der Waals surface area contributed by atoms with Crippen molar-refractivity contribution in [2.75, 3.05) is 4.90 Å². The van der Waals surface area contributed by atoms with E-state index in [1.165, 1.54) is 120 Å². The van der Waals surface area contributed by atoms with Crippen molar-refractivity contribution in [2.24, 2.45) is 0 Å². The summed E-state index contributed by atoms with van der Waals surface area (Å²) in [5.41, 5.74) is 8.39. The van der Waals surface area contributed by atoms with Gasteiger partial charge in [0.15, 0.2) is 0 Å². The predicted octanol–water partition coefficient (Wildman–Crippen LogP) is 16.6. The third-order valence-electron chi connectivity index (χ3n) is 12.9. The van der Waals surface area contributed by atoms with E-state index in [0.29, 0.717) is 0 Å². The van der Waals surface area contributed by atoms with Gasteiger partial charge >= 0.3 is 0 Å². The maximum Gasteiger partial charge on any atom is 0.0540 e. The van der Waals surface area contributed by atoms with Gasteiger partial charge in [0.25, 0.3) is 0 Å². The Hall–Kier alpha value is -7.74. The molecule has 0 fully saturated rings. The summed E-state index contributed by atoms with van der Waals surface area (Å²) in [5, 5.41) is 20.1. The maximum absolute atomic E-state index is 2.48. The van der Waals surface area contributed by atoms with Gasteiger partial charge in [-0.3, -0.25) is 0 Å². The van der Waals surface area contributed by atoms with Crippen LogP contribution >= 0.6 is 0 Å². The van der Waals surface area contributed by atoms with Crippen LogP contribution in [0.25, 0.3) is 108 Å². The molecule has 0 radical (unpaired) electrons. The molecule has 1 aliphatic heterocycles. The van der Waals surface area contributed by atoms with Crippen LogP contribution in [-0.4, -0.2) is 0 Å². The Morgan fingerprint density at radius 1 is 0.220 bits per heavy atom. The average Bonchev–Trinajstić information content (AvgIpc) is 3.43. The van der Waals surface area contributed by atoms with Crippen molar-refractivity contribution in [1.29, 1.82) is 0 Å². The molecule has 1 heterocycles. The lowest BCUT2D eigenvalue weighted by Gasteiger charge is -2.27. The smallest absolute Gasteiger partial charge is 0.0540 e. The van der Waals surface area contributed by atoms with E-state index >= 15 is 0 Å². The Morgan fingerprint density at radius 2 is 0.661 bits per heavy atom. The largest absolute Gasteiger partial charge is 0.309 e.